The van der Waals surface area contributed by atoms with Crippen LogP contribution in [-0.4, -0.2) is 11.7 Å². The number of hydrogen-bond acceptors (Lipinski definition) is 2. The lowest BCUT2D eigenvalue weighted by atomic mass is 9.97. The van der Waals surface area contributed by atoms with Gasteiger partial charge in [-0.25, -0.2) is 8.78 Å². The molecule has 0 aliphatic carbocycles. The number of aryl methyl sites for hydroxylation is 1. The highest BCUT2D eigenvalue weighted by Crippen LogP contribution is 2.32. The summed E-state index contributed by atoms with van der Waals surface area (Å²) in [5.74, 6) is -0.546. The molecule has 1 N–H and O–H groups in total. The molecular formula is C16H14F2O2. The second kappa shape index (κ2) is 4.87. The van der Waals surface area contributed by atoms with Gasteiger partial charge in [0.1, 0.15) is 23.5 Å². The van der Waals surface area contributed by atoms with Crippen molar-refractivity contribution in [3.05, 3.63) is 64.2 Å². The summed E-state index contributed by atoms with van der Waals surface area (Å²) in [6, 6.07) is 7.44. The number of aliphatic hydroxyl groups excluding tert-OH is 1. The summed E-state index contributed by atoms with van der Waals surface area (Å²) in [5.41, 5.74) is 1.98. The molecule has 0 fully saturated rings. The molecule has 20 heavy (non-hydrogen) atoms. The van der Waals surface area contributed by atoms with Crippen LogP contribution in [0.2, 0.25) is 0 Å². The van der Waals surface area contributed by atoms with Crippen molar-refractivity contribution in [1.29, 1.82) is 0 Å². The molecule has 2 aromatic rings. The third kappa shape index (κ3) is 2.16. The Morgan fingerprint density at radius 2 is 1.95 bits per heavy atom. The van der Waals surface area contributed by atoms with Gasteiger partial charge in [0.15, 0.2) is 0 Å². The molecule has 0 aromatic heterocycles. The quantitative estimate of drug-likeness (QED) is 0.912. The van der Waals surface area contributed by atoms with Crippen molar-refractivity contribution in [3.63, 3.8) is 0 Å². The largest absolute Gasteiger partial charge is 0.493 e. The number of benzene rings is 2. The standard InChI is InChI=1S/C16H14F2O2/c1-9-6-12(14(18)8-13(9)17)16(19)11-2-3-15-10(7-11)4-5-20-15/h2-3,6-8,16,19H,4-5H2,1H3. The zero-order chi connectivity index (χ0) is 14.3. The van der Waals surface area contributed by atoms with Crippen LogP contribution in [0.25, 0.3) is 0 Å². The topological polar surface area (TPSA) is 29.5 Å². The summed E-state index contributed by atoms with van der Waals surface area (Å²) in [6.07, 6.45) is -0.332. The van der Waals surface area contributed by atoms with Crippen LogP contribution in [0.1, 0.15) is 28.4 Å². The molecule has 1 aliphatic heterocycles. The molecule has 1 aliphatic rings. The Morgan fingerprint density at radius 1 is 1.15 bits per heavy atom. The number of rotatable bonds is 2. The lowest BCUT2D eigenvalue weighted by Crippen LogP contribution is -2.04. The second-order valence-corrected chi connectivity index (χ2v) is 4.99. The van der Waals surface area contributed by atoms with Crippen molar-refractivity contribution in [2.75, 3.05) is 6.61 Å². The fraction of sp³-hybridized carbons (Fsp3) is 0.250. The smallest absolute Gasteiger partial charge is 0.132 e. The maximum absolute atomic E-state index is 13.8. The average molecular weight is 276 g/mol. The molecule has 104 valence electrons. The van der Waals surface area contributed by atoms with Gasteiger partial charge < -0.3 is 9.84 Å². The first-order valence-electron chi connectivity index (χ1n) is 6.45. The van der Waals surface area contributed by atoms with E-state index in [1.807, 2.05) is 6.07 Å². The predicted octanol–water partition coefficient (Wildman–Crippen LogP) is 3.29. The van der Waals surface area contributed by atoms with Gasteiger partial charge in [0.25, 0.3) is 0 Å². The van der Waals surface area contributed by atoms with E-state index in [-0.39, 0.29) is 5.56 Å². The molecule has 0 bridgehead atoms. The number of aliphatic hydroxyl groups is 1. The summed E-state index contributed by atoms with van der Waals surface area (Å²) in [6.45, 7) is 2.17. The first kappa shape index (κ1) is 13.1. The van der Waals surface area contributed by atoms with E-state index in [0.717, 1.165) is 23.8 Å². The highest BCUT2D eigenvalue weighted by molar-refractivity contribution is 5.43. The van der Waals surface area contributed by atoms with E-state index >= 15 is 0 Å². The summed E-state index contributed by atoms with van der Waals surface area (Å²) in [5, 5.41) is 10.3. The second-order valence-electron chi connectivity index (χ2n) is 4.99. The van der Waals surface area contributed by atoms with Crippen LogP contribution in [-0.2, 0) is 6.42 Å². The zero-order valence-corrected chi connectivity index (χ0v) is 11.0. The summed E-state index contributed by atoms with van der Waals surface area (Å²) >= 11 is 0. The van der Waals surface area contributed by atoms with Crippen LogP contribution in [0.5, 0.6) is 5.75 Å². The molecule has 0 radical (unpaired) electrons. The van der Waals surface area contributed by atoms with Gasteiger partial charge in [0.05, 0.1) is 6.61 Å². The Balaban J connectivity index is 2.00. The third-order valence-corrected chi connectivity index (χ3v) is 3.60. The van der Waals surface area contributed by atoms with Crippen molar-refractivity contribution < 1.29 is 18.6 Å². The Kier molecular flexibility index (Phi) is 3.18. The van der Waals surface area contributed by atoms with Crippen molar-refractivity contribution in [2.24, 2.45) is 0 Å². The Bertz CT molecular complexity index is 668. The maximum atomic E-state index is 13.8. The van der Waals surface area contributed by atoms with E-state index in [1.165, 1.54) is 6.07 Å². The highest BCUT2D eigenvalue weighted by atomic mass is 19.1. The fourth-order valence-corrected chi connectivity index (χ4v) is 2.45. The van der Waals surface area contributed by atoms with Crippen molar-refractivity contribution in [3.8, 4) is 5.75 Å². The molecule has 2 nitrogen and oxygen atoms in total. The van der Waals surface area contributed by atoms with E-state index in [4.69, 9.17) is 4.74 Å². The van der Waals surface area contributed by atoms with Gasteiger partial charge in [-0.15, -0.1) is 0 Å². The van der Waals surface area contributed by atoms with E-state index in [1.54, 1.807) is 19.1 Å². The van der Waals surface area contributed by atoms with Crippen LogP contribution in [0.3, 0.4) is 0 Å². The Morgan fingerprint density at radius 3 is 2.75 bits per heavy atom. The number of hydrogen-bond donors (Lipinski definition) is 1. The van der Waals surface area contributed by atoms with Gasteiger partial charge in [-0.1, -0.05) is 6.07 Å². The molecule has 0 amide bonds. The molecule has 0 saturated carbocycles. The van der Waals surface area contributed by atoms with Crippen molar-refractivity contribution in [1.82, 2.24) is 0 Å². The van der Waals surface area contributed by atoms with Crippen LogP contribution in [0, 0.1) is 18.6 Å². The number of ether oxygens (including phenoxy) is 1. The average Bonchev–Trinajstić information content (AvgIpc) is 2.89. The first-order chi connectivity index (χ1) is 9.56. The van der Waals surface area contributed by atoms with E-state index in [9.17, 15) is 13.9 Å². The summed E-state index contributed by atoms with van der Waals surface area (Å²) < 4.78 is 32.5. The molecule has 3 rings (SSSR count). The van der Waals surface area contributed by atoms with Crippen LogP contribution in [0.15, 0.2) is 30.3 Å². The van der Waals surface area contributed by atoms with Crippen molar-refractivity contribution >= 4 is 0 Å². The number of fused-ring (bicyclic) bond motifs is 1. The predicted molar refractivity (Wildman–Crippen MR) is 70.8 cm³/mol. The summed E-state index contributed by atoms with van der Waals surface area (Å²) in [7, 11) is 0. The maximum Gasteiger partial charge on any atom is 0.132 e. The minimum Gasteiger partial charge on any atom is -0.493 e. The van der Waals surface area contributed by atoms with Crippen LogP contribution >= 0.6 is 0 Å². The SMILES string of the molecule is Cc1cc(C(O)c2ccc3c(c2)CCO3)c(F)cc1F. The minimum absolute atomic E-state index is 0.0859. The normalized spacial score (nSPS) is 14.8. The Labute approximate surface area is 115 Å². The van der Waals surface area contributed by atoms with Crippen LogP contribution < -0.4 is 4.74 Å². The van der Waals surface area contributed by atoms with Gasteiger partial charge in [-0.3, -0.25) is 0 Å². The van der Waals surface area contributed by atoms with Gasteiger partial charge in [-0.05, 0) is 41.8 Å². The van der Waals surface area contributed by atoms with Gasteiger partial charge in [-0.2, -0.15) is 0 Å². The molecule has 1 unspecified atom stereocenters. The Hall–Kier alpha value is -1.94. The molecule has 0 saturated heterocycles. The van der Waals surface area contributed by atoms with Gasteiger partial charge in [0.2, 0.25) is 0 Å². The monoisotopic (exact) mass is 276 g/mol. The molecule has 4 heteroatoms. The third-order valence-electron chi connectivity index (χ3n) is 3.60. The van der Waals surface area contributed by atoms with Crippen LogP contribution in [0.4, 0.5) is 8.78 Å². The van der Waals surface area contributed by atoms with Gasteiger partial charge in [0, 0.05) is 18.1 Å². The minimum atomic E-state index is -1.11. The summed E-state index contributed by atoms with van der Waals surface area (Å²) in [4.78, 5) is 0. The highest BCUT2D eigenvalue weighted by Gasteiger charge is 2.20. The molecule has 2 aromatic carbocycles. The van der Waals surface area contributed by atoms with E-state index in [2.05, 4.69) is 0 Å². The fourth-order valence-electron chi connectivity index (χ4n) is 2.45. The van der Waals surface area contributed by atoms with E-state index in [0.29, 0.717) is 17.7 Å². The lowest BCUT2D eigenvalue weighted by molar-refractivity contribution is 0.214. The molecular weight excluding hydrogens is 262 g/mol. The molecule has 1 atom stereocenters. The van der Waals surface area contributed by atoms with Gasteiger partial charge >= 0.3 is 0 Å². The lowest BCUT2D eigenvalue weighted by Gasteiger charge is -2.14. The van der Waals surface area contributed by atoms with E-state index < -0.39 is 17.7 Å². The molecule has 1 heterocycles. The van der Waals surface area contributed by atoms with Crippen molar-refractivity contribution in [2.45, 2.75) is 19.4 Å². The number of halogens is 2. The zero-order valence-electron chi connectivity index (χ0n) is 11.0. The first-order valence-corrected chi connectivity index (χ1v) is 6.45. The molecule has 0 spiro atoms.